The maximum atomic E-state index is 11.1. The number of nitrogens with one attached hydrogen (secondary N) is 1. The summed E-state index contributed by atoms with van der Waals surface area (Å²) in [5.41, 5.74) is 0.937. The topological polar surface area (TPSA) is 55.2 Å². The van der Waals surface area contributed by atoms with E-state index in [0.717, 1.165) is 16.6 Å². The Morgan fingerprint density at radius 2 is 2.15 bits per heavy atom. The summed E-state index contributed by atoms with van der Waals surface area (Å²) in [6, 6.07) is 9.01. The lowest BCUT2D eigenvalue weighted by Gasteiger charge is -2.17. The second-order valence-electron chi connectivity index (χ2n) is 4.33. The number of hydrogen-bond donors (Lipinski definition) is 1. The number of likely N-dealkylation sites (N-methyl/N-ethyl adjacent to an activating group) is 1. The van der Waals surface area contributed by atoms with Crippen LogP contribution in [0.4, 0.5) is 5.69 Å². The number of hydrogen-bond acceptors (Lipinski definition) is 4. The molecule has 0 saturated heterocycles. The number of halogens is 1. The Hall–Kier alpha value is -1.24. The molecule has 1 aromatic heterocycles. The predicted octanol–water partition coefficient (Wildman–Crippen LogP) is 4.31. The third-order valence-corrected chi connectivity index (χ3v) is 5.01. The van der Waals surface area contributed by atoms with Crippen LogP contribution in [-0.4, -0.2) is 11.5 Å². The van der Waals surface area contributed by atoms with Crippen LogP contribution in [0.25, 0.3) is 0 Å². The number of nitro benzene ring substituents is 1. The number of rotatable bonds is 6. The lowest BCUT2D eigenvalue weighted by Crippen LogP contribution is -2.22. The largest absolute Gasteiger partial charge is 0.309 e. The van der Waals surface area contributed by atoms with E-state index in [1.807, 2.05) is 30.5 Å². The molecule has 0 fully saturated rings. The van der Waals surface area contributed by atoms with E-state index in [4.69, 9.17) is 0 Å². The van der Waals surface area contributed by atoms with Crippen molar-refractivity contribution in [2.45, 2.75) is 19.4 Å². The molecule has 4 nitrogen and oxygen atoms in total. The summed E-state index contributed by atoms with van der Waals surface area (Å²) < 4.78 is 1.05. The Labute approximate surface area is 130 Å². The summed E-state index contributed by atoms with van der Waals surface area (Å²) >= 11 is 5.19. The molecule has 20 heavy (non-hydrogen) atoms. The highest BCUT2D eigenvalue weighted by Gasteiger charge is 2.20. The fourth-order valence-corrected chi connectivity index (χ4v) is 3.87. The molecular formula is C14H15BrN2O2S. The smallest absolute Gasteiger partial charge is 0.272 e. The van der Waals surface area contributed by atoms with Gasteiger partial charge in [0.05, 0.1) is 4.92 Å². The normalized spacial score (nSPS) is 12.3. The molecule has 6 heteroatoms. The number of benzene rings is 1. The highest BCUT2D eigenvalue weighted by Crippen LogP contribution is 2.32. The van der Waals surface area contributed by atoms with Crippen molar-refractivity contribution in [3.63, 3.8) is 0 Å². The highest BCUT2D eigenvalue weighted by molar-refractivity contribution is 9.10. The molecule has 1 heterocycles. The highest BCUT2D eigenvalue weighted by atomic mass is 79.9. The molecular weight excluding hydrogens is 340 g/mol. The van der Waals surface area contributed by atoms with Crippen LogP contribution in [0, 0.1) is 10.1 Å². The molecule has 0 aliphatic rings. The van der Waals surface area contributed by atoms with E-state index in [0.29, 0.717) is 6.42 Å². The Kier molecular flexibility index (Phi) is 5.28. The van der Waals surface area contributed by atoms with Gasteiger partial charge in [-0.1, -0.05) is 25.1 Å². The van der Waals surface area contributed by atoms with Crippen LogP contribution in [-0.2, 0) is 6.42 Å². The lowest BCUT2D eigenvalue weighted by molar-refractivity contribution is -0.385. The summed E-state index contributed by atoms with van der Waals surface area (Å²) in [4.78, 5) is 11.9. The summed E-state index contributed by atoms with van der Waals surface area (Å²) in [6.45, 7) is 2.85. The first-order valence-corrected chi connectivity index (χ1v) is 7.99. The van der Waals surface area contributed by atoms with Crippen LogP contribution in [0.3, 0.4) is 0 Å². The van der Waals surface area contributed by atoms with Gasteiger partial charge < -0.3 is 5.32 Å². The number of nitro groups is 1. The van der Waals surface area contributed by atoms with Gasteiger partial charge >= 0.3 is 0 Å². The van der Waals surface area contributed by atoms with E-state index in [1.165, 1.54) is 4.88 Å². The second kappa shape index (κ2) is 6.97. The van der Waals surface area contributed by atoms with E-state index in [1.54, 1.807) is 23.5 Å². The molecule has 2 aromatic rings. The van der Waals surface area contributed by atoms with Gasteiger partial charge in [-0.2, -0.15) is 0 Å². The van der Waals surface area contributed by atoms with Gasteiger partial charge in [-0.25, -0.2) is 0 Å². The summed E-state index contributed by atoms with van der Waals surface area (Å²) in [5, 5.41) is 16.5. The maximum absolute atomic E-state index is 11.1. The van der Waals surface area contributed by atoms with Crippen molar-refractivity contribution in [1.29, 1.82) is 0 Å². The quantitative estimate of drug-likeness (QED) is 0.620. The van der Waals surface area contributed by atoms with Crippen molar-refractivity contribution < 1.29 is 4.92 Å². The predicted molar refractivity (Wildman–Crippen MR) is 85.2 cm³/mol. The Morgan fingerprint density at radius 3 is 2.75 bits per heavy atom. The van der Waals surface area contributed by atoms with Gasteiger partial charge in [0.1, 0.15) is 0 Å². The molecule has 0 aliphatic carbocycles. The number of thiophene rings is 1. The average Bonchev–Trinajstić information content (AvgIpc) is 2.85. The van der Waals surface area contributed by atoms with Crippen LogP contribution in [0.15, 0.2) is 40.2 Å². The zero-order chi connectivity index (χ0) is 14.5. The fourth-order valence-electron chi connectivity index (χ4n) is 2.14. The minimum Gasteiger partial charge on any atom is -0.309 e. The molecule has 1 N–H and O–H groups in total. The van der Waals surface area contributed by atoms with Gasteiger partial charge in [-0.3, -0.25) is 10.1 Å². The molecule has 0 spiro atoms. The number of para-hydroxylation sites is 1. The molecule has 0 bridgehead atoms. The van der Waals surface area contributed by atoms with E-state index in [-0.39, 0.29) is 16.7 Å². The van der Waals surface area contributed by atoms with Gasteiger partial charge in [0.2, 0.25) is 0 Å². The Balaban J connectivity index is 2.30. The molecule has 1 unspecified atom stereocenters. The van der Waals surface area contributed by atoms with E-state index in [2.05, 4.69) is 21.2 Å². The van der Waals surface area contributed by atoms with Crippen molar-refractivity contribution in [3.05, 3.63) is 60.7 Å². The molecule has 1 aromatic carbocycles. The Bertz CT molecular complexity index is 600. The van der Waals surface area contributed by atoms with Crippen LogP contribution >= 0.6 is 27.3 Å². The lowest BCUT2D eigenvalue weighted by atomic mass is 10.0. The molecule has 0 radical (unpaired) electrons. The van der Waals surface area contributed by atoms with Crippen molar-refractivity contribution in [3.8, 4) is 0 Å². The van der Waals surface area contributed by atoms with Crippen LogP contribution in [0.1, 0.15) is 23.4 Å². The van der Waals surface area contributed by atoms with Gasteiger partial charge in [-0.05, 0) is 40.3 Å². The van der Waals surface area contributed by atoms with Gasteiger partial charge in [0.25, 0.3) is 5.69 Å². The van der Waals surface area contributed by atoms with E-state index < -0.39 is 0 Å². The van der Waals surface area contributed by atoms with Crippen molar-refractivity contribution in [1.82, 2.24) is 5.32 Å². The van der Waals surface area contributed by atoms with Crippen molar-refractivity contribution in [2.24, 2.45) is 0 Å². The van der Waals surface area contributed by atoms with Crippen molar-refractivity contribution >= 4 is 33.0 Å². The maximum Gasteiger partial charge on any atom is 0.272 e. The zero-order valence-electron chi connectivity index (χ0n) is 11.0. The van der Waals surface area contributed by atoms with Gasteiger partial charge in [-0.15, -0.1) is 11.3 Å². The van der Waals surface area contributed by atoms with Crippen LogP contribution in [0.2, 0.25) is 0 Å². The van der Waals surface area contributed by atoms with E-state index >= 15 is 0 Å². The van der Waals surface area contributed by atoms with Crippen molar-refractivity contribution in [2.75, 3.05) is 6.54 Å². The molecule has 0 amide bonds. The molecule has 0 saturated carbocycles. The summed E-state index contributed by atoms with van der Waals surface area (Å²) in [7, 11) is 0. The minimum absolute atomic E-state index is 0.0791. The minimum atomic E-state index is -0.318. The standard InChI is InChI=1S/C14H15BrN2O2S/c1-2-16-12(14-11(15)7-8-20-14)9-10-5-3-4-6-13(10)17(18)19/h3-8,12,16H,2,9H2,1H3. The first-order valence-electron chi connectivity index (χ1n) is 6.32. The van der Waals surface area contributed by atoms with Crippen LogP contribution < -0.4 is 5.32 Å². The average molecular weight is 355 g/mol. The fraction of sp³-hybridized carbons (Fsp3) is 0.286. The van der Waals surface area contributed by atoms with E-state index in [9.17, 15) is 10.1 Å². The van der Waals surface area contributed by atoms with Gasteiger partial charge in [0.15, 0.2) is 0 Å². The SMILES string of the molecule is CCNC(Cc1ccccc1[N+](=O)[O-])c1sccc1Br. The van der Waals surface area contributed by atoms with Crippen LogP contribution in [0.5, 0.6) is 0 Å². The summed E-state index contributed by atoms with van der Waals surface area (Å²) in [5.74, 6) is 0. The zero-order valence-corrected chi connectivity index (χ0v) is 13.4. The first-order chi connectivity index (χ1) is 9.63. The Morgan fingerprint density at radius 1 is 1.40 bits per heavy atom. The molecule has 1 atom stereocenters. The second-order valence-corrected chi connectivity index (χ2v) is 6.14. The molecule has 2 rings (SSSR count). The monoisotopic (exact) mass is 354 g/mol. The molecule has 106 valence electrons. The number of nitrogens with zero attached hydrogens (tertiary/aromatic N) is 1. The third-order valence-electron chi connectivity index (χ3n) is 3.02. The molecule has 0 aliphatic heterocycles. The van der Waals surface area contributed by atoms with Gasteiger partial charge in [0, 0.05) is 27.0 Å². The first kappa shape index (κ1) is 15.2. The summed E-state index contributed by atoms with van der Waals surface area (Å²) in [6.07, 6.45) is 0.601. The third kappa shape index (κ3) is 3.45.